The Balaban J connectivity index is 0.00000242. The molecule has 2 aromatic rings. The second-order valence-electron chi connectivity index (χ2n) is 4.48. The summed E-state index contributed by atoms with van der Waals surface area (Å²) in [7, 11) is 0. The smallest absolute Gasteiger partial charge is 0.335 e. The number of carbonyl (C=O) groups excluding carboxylic acids is 1. The Morgan fingerprint density at radius 1 is 1.05 bits per heavy atom. The number of ketones is 1. The average molecular weight is 321 g/mol. The number of hydrogen-bond donors (Lipinski definition) is 3. The van der Waals surface area contributed by atoms with Crippen molar-refractivity contribution in [3.63, 3.8) is 0 Å². The van der Waals surface area contributed by atoms with Crippen LogP contribution in [0.5, 0.6) is 0 Å². The number of carbonyl (C=O) groups is 2. The molecule has 0 radical (unpaired) electrons. The molecule has 0 bridgehead atoms. The van der Waals surface area contributed by atoms with Gasteiger partial charge in [-0.25, -0.2) is 4.79 Å². The third-order valence-electron chi connectivity index (χ3n) is 3.01. The zero-order valence-electron chi connectivity index (χ0n) is 11.8. The van der Waals surface area contributed by atoms with Crippen LogP contribution in [0.1, 0.15) is 26.3 Å². The number of nitrogens with one attached hydrogen (secondary N) is 1. The lowest BCUT2D eigenvalue weighted by molar-refractivity contribution is 0.0697. The lowest BCUT2D eigenvalue weighted by atomic mass is 9.99. The largest absolute Gasteiger partial charge is 0.478 e. The number of aromatic carboxylic acids is 1. The van der Waals surface area contributed by atoms with E-state index in [0.717, 1.165) is 0 Å². The zero-order valence-corrected chi connectivity index (χ0v) is 12.6. The normalized spacial score (nSPS) is 9.68. The van der Waals surface area contributed by atoms with Gasteiger partial charge in [-0.3, -0.25) is 4.79 Å². The van der Waals surface area contributed by atoms with E-state index in [2.05, 4.69) is 5.32 Å². The van der Waals surface area contributed by atoms with Crippen LogP contribution in [0.25, 0.3) is 0 Å². The highest BCUT2D eigenvalue weighted by atomic mass is 35.5. The molecule has 0 heterocycles. The molecule has 0 atom stereocenters. The Morgan fingerprint density at radius 3 is 2.32 bits per heavy atom. The quantitative estimate of drug-likeness (QED) is 0.711. The summed E-state index contributed by atoms with van der Waals surface area (Å²) in [5.41, 5.74) is 6.95. The maximum absolute atomic E-state index is 12.5. The second kappa shape index (κ2) is 8.17. The molecule has 0 saturated carbocycles. The van der Waals surface area contributed by atoms with Crippen LogP contribution in [0.15, 0.2) is 48.5 Å². The fraction of sp³-hybridized carbons (Fsp3) is 0.125. The van der Waals surface area contributed by atoms with Crippen molar-refractivity contribution in [3.8, 4) is 0 Å². The molecule has 0 aliphatic heterocycles. The van der Waals surface area contributed by atoms with Gasteiger partial charge in [-0.15, -0.1) is 12.4 Å². The third kappa shape index (κ3) is 4.07. The van der Waals surface area contributed by atoms with Gasteiger partial charge in [0.1, 0.15) is 0 Å². The molecule has 4 N–H and O–H groups in total. The number of anilines is 1. The molecule has 2 rings (SSSR count). The predicted octanol–water partition coefficient (Wildman–Crippen LogP) is 2.41. The van der Waals surface area contributed by atoms with E-state index in [1.54, 1.807) is 30.3 Å². The lowest BCUT2D eigenvalue weighted by Crippen LogP contribution is -2.16. The van der Waals surface area contributed by atoms with Crippen molar-refractivity contribution in [2.75, 3.05) is 18.4 Å². The molecule has 116 valence electrons. The average Bonchev–Trinajstić information content (AvgIpc) is 2.52. The molecule has 22 heavy (non-hydrogen) atoms. The molecule has 5 nitrogen and oxygen atoms in total. The van der Waals surface area contributed by atoms with Crippen LogP contribution in [0.3, 0.4) is 0 Å². The van der Waals surface area contributed by atoms with Gasteiger partial charge >= 0.3 is 5.97 Å². The third-order valence-corrected chi connectivity index (χ3v) is 3.01. The van der Waals surface area contributed by atoms with E-state index in [-0.39, 0.29) is 23.8 Å². The SMILES string of the molecule is Cl.NCCNc1ccc(C(=O)O)cc1C(=O)c1ccccc1. The first-order valence-electron chi connectivity index (χ1n) is 6.54. The van der Waals surface area contributed by atoms with E-state index in [9.17, 15) is 9.59 Å². The summed E-state index contributed by atoms with van der Waals surface area (Å²) in [5.74, 6) is -1.29. The first-order valence-corrected chi connectivity index (χ1v) is 6.54. The lowest BCUT2D eigenvalue weighted by Gasteiger charge is -2.11. The molecule has 0 spiro atoms. The molecule has 0 aromatic heterocycles. The van der Waals surface area contributed by atoms with Gasteiger partial charge < -0.3 is 16.2 Å². The van der Waals surface area contributed by atoms with E-state index in [1.807, 2.05) is 6.07 Å². The molecule has 0 aliphatic carbocycles. The number of hydrogen-bond acceptors (Lipinski definition) is 4. The standard InChI is InChI=1S/C16H16N2O3.ClH/c17-8-9-18-14-7-6-12(16(20)21)10-13(14)15(19)11-4-2-1-3-5-11;/h1-7,10,18H,8-9,17H2,(H,20,21);1H. The van der Waals surface area contributed by atoms with Gasteiger partial charge in [0.2, 0.25) is 0 Å². The highest BCUT2D eigenvalue weighted by Gasteiger charge is 2.16. The summed E-state index contributed by atoms with van der Waals surface area (Å²) in [6.07, 6.45) is 0. The minimum absolute atomic E-state index is 0. The van der Waals surface area contributed by atoms with Crippen LogP contribution in [0.4, 0.5) is 5.69 Å². The van der Waals surface area contributed by atoms with Crippen LogP contribution in [-0.4, -0.2) is 29.9 Å². The minimum Gasteiger partial charge on any atom is -0.478 e. The van der Waals surface area contributed by atoms with Crippen molar-refractivity contribution in [1.29, 1.82) is 0 Å². The molecule has 0 unspecified atom stereocenters. The Hall–Kier alpha value is -2.37. The highest BCUT2D eigenvalue weighted by Crippen LogP contribution is 2.21. The Morgan fingerprint density at radius 2 is 1.73 bits per heavy atom. The van der Waals surface area contributed by atoms with E-state index < -0.39 is 5.97 Å². The number of carboxylic acids is 1. The summed E-state index contributed by atoms with van der Waals surface area (Å²) in [6, 6.07) is 13.2. The Labute approximate surface area is 134 Å². The maximum atomic E-state index is 12.5. The zero-order chi connectivity index (χ0) is 15.2. The molecule has 0 saturated heterocycles. The predicted molar refractivity (Wildman–Crippen MR) is 88.1 cm³/mol. The van der Waals surface area contributed by atoms with Crippen LogP contribution >= 0.6 is 12.4 Å². The van der Waals surface area contributed by atoms with Crippen molar-refractivity contribution in [2.24, 2.45) is 5.73 Å². The fourth-order valence-corrected chi connectivity index (χ4v) is 1.97. The van der Waals surface area contributed by atoms with Crippen LogP contribution in [0.2, 0.25) is 0 Å². The van der Waals surface area contributed by atoms with Crippen molar-refractivity contribution in [3.05, 3.63) is 65.2 Å². The van der Waals surface area contributed by atoms with E-state index in [4.69, 9.17) is 10.8 Å². The van der Waals surface area contributed by atoms with Gasteiger partial charge in [0.05, 0.1) is 5.56 Å². The van der Waals surface area contributed by atoms with Gasteiger partial charge in [-0.05, 0) is 18.2 Å². The van der Waals surface area contributed by atoms with Crippen molar-refractivity contribution in [1.82, 2.24) is 0 Å². The van der Waals surface area contributed by atoms with Gasteiger partial charge in [0, 0.05) is 29.9 Å². The fourth-order valence-electron chi connectivity index (χ4n) is 1.97. The minimum atomic E-state index is -1.07. The van der Waals surface area contributed by atoms with Crippen molar-refractivity contribution in [2.45, 2.75) is 0 Å². The maximum Gasteiger partial charge on any atom is 0.335 e. The van der Waals surface area contributed by atoms with Gasteiger partial charge in [-0.2, -0.15) is 0 Å². The topological polar surface area (TPSA) is 92.4 Å². The summed E-state index contributed by atoms with van der Waals surface area (Å²) >= 11 is 0. The number of carboxylic acid groups (broad SMARTS) is 1. The number of benzene rings is 2. The van der Waals surface area contributed by atoms with Gasteiger partial charge in [-0.1, -0.05) is 30.3 Å². The molecule has 6 heteroatoms. The molecular formula is C16H17ClN2O3. The molecule has 0 aliphatic rings. The van der Waals surface area contributed by atoms with Crippen molar-refractivity contribution >= 4 is 29.8 Å². The van der Waals surface area contributed by atoms with Crippen LogP contribution in [-0.2, 0) is 0 Å². The number of nitrogens with two attached hydrogens (primary N) is 1. The van der Waals surface area contributed by atoms with Crippen molar-refractivity contribution < 1.29 is 14.7 Å². The van der Waals surface area contributed by atoms with Crippen LogP contribution in [0, 0.1) is 0 Å². The molecule has 2 aromatic carbocycles. The summed E-state index contributed by atoms with van der Waals surface area (Å²) in [5, 5.41) is 12.1. The first-order chi connectivity index (χ1) is 10.1. The summed E-state index contributed by atoms with van der Waals surface area (Å²) in [4.78, 5) is 23.6. The molecular weight excluding hydrogens is 304 g/mol. The van der Waals surface area contributed by atoms with E-state index in [0.29, 0.717) is 29.9 Å². The first kappa shape index (κ1) is 17.7. The number of rotatable bonds is 6. The molecule has 0 amide bonds. The van der Waals surface area contributed by atoms with Crippen LogP contribution < -0.4 is 11.1 Å². The second-order valence-corrected chi connectivity index (χ2v) is 4.48. The van der Waals surface area contributed by atoms with E-state index >= 15 is 0 Å². The summed E-state index contributed by atoms with van der Waals surface area (Å²) < 4.78 is 0. The Bertz CT molecular complexity index is 660. The Kier molecular flexibility index (Phi) is 6.56. The highest BCUT2D eigenvalue weighted by molar-refractivity contribution is 6.13. The molecule has 0 fully saturated rings. The van der Waals surface area contributed by atoms with E-state index in [1.165, 1.54) is 12.1 Å². The summed E-state index contributed by atoms with van der Waals surface area (Å²) in [6.45, 7) is 0.918. The monoisotopic (exact) mass is 320 g/mol. The van der Waals surface area contributed by atoms with Gasteiger partial charge in [0.15, 0.2) is 5.78 Å². The van der Waals surface area contributed by atoms with Gasteiger partial charge in [0.25, 0.3) is 0 Å². The number of halogens is 1.